The fraction of sp³-hybridized carbons (Fsp3) is 0.667. The first kappa shape index (κ1) is 14.2. The van der Waals surface area contributed by atoms with Crippen LogP contribution < -0.4 is 0 Å². The van der Waals surface area contributed by atoms with Crippen molar-refractivity contribution in [3.63, 3.8) is 0 Å². The van der Waals surface area contributed by atoms with Gasteiger partial charge in [0.25, 0.3) is 0 Å². The molecule has 2 atom stereocenters. The zero-order valence-electron chi connectivity index (χ0n) is 6.69. The van der Waals surface area contributed by atoms with E-state index >= 15 is 0 Å². The molecule has 0 aromatic carbocycles. The van der Waals surface area contributed by atoms with E-state index in [0.29, 0.717) is 13.0 Å². The molecule has 7 heteroatoms. The molecule has 1 rings (SSSR count). The molecule has 0 aliphatic carbocycles. The lowest BCUT2D eigenvalue weighted by atomic mass is 10.3. The van der Waals surface area contributed by atoms with E-state index in [2.05, 4.69) is 4.74 Å². The quantitative estimate of drug-likeness (QED) is 0.284. The van der Waals surface area contributed by atoms with Gasteiger partial charge < -0.3 is 14.9 Å². The molecule has 74 valence electrons. The molecule has 7 nitrogen and oxygen atoms in total. The summed E-state index contributed by atoms with van der Waals surface area (Å²) in [5.74, 6) is 0. The predicted octanol–water partition coefficient (Wildman–Crippen LogP) is -1.11. The number of ether oxygens (including phenoxy) is 1. The summed E-state index contributed by atoms with van der Waals surface area (Å²) in [6.07, 6.45) is 0.473. The Morgan fingerprint density at radius 3 is 1.69 bits per heavy atom. The van der Waals surface area contributed by atoms with Crippen molar-refractivity contribution in [3.05, 3.63) is 0 Å². The fourth-order valence-corrected chi connectivity index (χ4v) is 0.563. The average Bonchev–Trinajstić information content (AvgIpc) is 2.39. The highest BCUT2D eigenvalue weighted by molar-refractivity contribution is 5.26. The Morgan fingerprint density at radius 2 is 1.62 bits per heavy atom. The van der Waals surface area contributed by atoms with Gasteiger partial charge in [-0.3, -0.25) is 0 Å². The summed E-state index contributed by atoms with van der Waals surface area (Å²) < 4.78 is 4.57. The molecule has 1 aliphatic heterocycles. The molecule has 4 N–H and O–H groups in total. The molecule has 2 unspecified atom stereocenters. The van der Waals surface area contributed by atoms with Crippen molar-refractivity contribution in [2.45, 2.75) is 18.8 Å². The zero-order chi connectivity index (χ0) is 10.7. The van der Waals surface area contributed by atoms with Crippen molar-refractivity contribution >= 4 is 12.2 Å². The Labute approximate surface area is 74.0 Å². The van der Waals surface area contributed by atoms with Crippen LogP contribution >= 0.6 is 0 Å². The molecule has 1 heterocycles. The van der Waals surface area contributed by atoms with Crippen molar-refractivity contribution in [1.29, 1.82) is 10.8 Å². The van der Waals surface area contributed by atoms with Gasteiger partial charge in [0.15, 0.2) is 6.29 Å². The van der Waals surface area contributed by atoms with Crippen molar-refractivity contribution in [3.8, 4) is 0 Å². The Kier molecular flexibility index (Phi) is 11.6. The van der Waals surface area contributed by atoms with Crippen LogP contribution in [-0.2, 0) is 14.3 Å². The van der Waals surface area contributed by atoms with Crippen molar-refractivity contribution < 1.29 is 24.5 Å². The third-order valence-corrected chi connectivity index (χ3v) is 1.03. The summed E-state index contributed by atoms with van der Waals surface area (Å²) in [5, 5.41) is 28.0. The molecule has 1 saturated heterocycles. The molecule has 0 saturated carbocycles. The lowest BCUT2D eigenvalue weighted by molar-refractivity contribution is -0.107. The Bertz CT molecular complexity index is 163. The van der Waals surface area contributed by atoms with Crippen LogP contribution in [-0.4, -0.2) is 41.4 Å². The number of isocyanates is 2. The molecule has 1 aliphatic rings. The molecule has 0 bridgehead atoms. The summed E-state index contributed by atoms with van der Waals surface area (Å²) in [4.78, 5) is 16.7. The van der Waals surface area contributed by atoms with Crippen LogP contribution in [0.3, 0.4) is 0 Å². The maximum atomic E-state index is 8.62. The highest BCUT2D eigenvalue weighted by Gasteiger charge is 2.22. The second-order valence-corrected chi connectivity index (χ2v) is 1.82. The average molecular weight is 190 g/mol. The van der Waals surface area contributed by atoms with E-state index in [9.17, 15) is 0 Å². The Balaban J connectivity index is 0. The van der Waals surface area contributed by atoms with Gasteiger partial charge in [0.2, 0.25) is 12.2 Å². The van der Waals surface area contributed by atoms with Crippen LogP contribution in [0.4, 0.5) is 0 Å². The van der Waals surface area contributed by atoms with Gasteiger partial charge in [0, 0.05) is 6.42 Å². The van der Waals surface area contributed by atoms with Crippen molar-refractivity contribution in [2.75, 3.05) is 6.61 Å². The van der Waals surface area contributed by atoms with Crippen LogP contribution in [0.2, 0.25) is 0 Å². The first-order chi connectivity index (χ1) is 6.13. The molecule has 0 amide bonds. The maximum Gasteiger partial charge on any atom is 0.231 e. The molecular formula is C6H10N2O5. The summed E-state index contributed by atoms with van der Waals surface area (Å²) >= 11 is 0. The summed E-state index contributed by atoms with van der Waals surface area (Å²) in [7, 11) is 0. The number of aliphatic hydroxyl groups excluding tert-OH is 2. The minimum Gasteiger partial charge on any atom is -0.388 e. The zero-order valence-corrected chi connectivity index (χ0v) is 6.69. The van der Waals surface area contributed by atoms with E-state index in [1.54, 1.807) is 0 Å². The fourth-order valence-electron chi connectivity index (χ4n) is 0.563. The third-order valence-electron chi connectivity index (χ3n) is 1.03. The summed E-state index contributed by atoms with van der Waals surface area (Å²) in [6, 6.07) is 0. The van der Waals surface area contributed by atoms with Crippen LogP contribution in [0, 0.1) is 10.8 Å². The van der Waals surface area contributed by atoms with Gasteiger partial charge in [0.1, 0.15) is 6.10 Å². The lowest BCUT2D eigenvalue weighted by Crippen LogP contribution is -2.18. The first-order valence-corrected chi connectivity index (χ1v) is 3.19. The van der Waals surface area contributed by atoms with Gasteiger partial charge >= 0.3 is 0 Å². The van der Waals surface area contributed by atoms with Gasteiger partial charge in [-0.2, -0.15) is 0 Å². The predicted molar refractivity (Wildman–Crippen MR) is 39.4 cm³/mol. The number of carbonyl (C=O) groups excluding carboxylic acids is 2. The summed E-state index contributed by atoms with van der Waals surface area (Å²) in [6.45, 7) is 0.475. The van der Waals surface area contributed by atoms with Crippen LogP contribution in [0.15, 0.2) is 0 Å². The number of aliphatic hydroxyl groups is 2. The topological polar surface area (TPSA) is 132 Å². The van der Waals surface area contributed by atoms with E-state index in [4.69, 9.17) is 30.6 Å². The minimum absolute atomic E-state index is 0.475. The number of hydrogen-bond acceptors (Lipinski definition) is 7. The SMILES string of the molecule is N=C=O.N=C=O.OC1CCOC1O. The number of rotatable bonds is 0. The smallest absolute Gasteiger partial charge is 0.231 e. The number of nitrogens with one attached hydrogen (secondary N) is 2. The van der Waals surface area contributed by atoms with Crippen LogP contribution in [0.25, 0.3) is 0 Å². The van der Waals surface area contributed by atoms with Crippen LogP contribution in [0.5, 0.6) is 0 Å². The number of hydrogen-bond donors (Lipinski definition) is 4. The molecule has 0 aromatic heterocycles. The minimum atomic E-state index is -0.931. The van der Waals surface area contributed by atoms with Gasteiger partial charge in [-0.15, -0.1) is 0 Å². The monoisotopic (exact) mass is 190 g/mol. The first-order valence-electron chi connectivity index (χ1n) is 3.19. The Hall–Kier alpha value is -1.36. The van der Waals surface area contributed by atoms with Crippen LogP contribution in [0.1, 0.15) is 6.42 Å². The largest absolute Gasteiger partial charge is 0.388 e. The van der Waals surface area contributed by atoms with E-state index < -0.39 is 12.4 Å². The standard InChI is InChI=1S/C4H8O3.2CHNO/c5-3-1-2-7-4(3)6;2*2-1-3/h3-6H,1-2H2;2*2H. The highest BCUT2D eigenvalue weighted by atomic mass is 16.6. The van der Waals surface area contributed by atoms with E-state index in [0.717, 1.165) is 12.2 Å². The second-order valence-electron chi connectivity index (χ2n) is 1.82. The van der Waals surface area contributed by atoms with Crippen molar-refractivity contribution in [1.82, 2.24) is 0 Å². The van der Waals surface area contributed by atoms with Gasteiger partial charge in [-0.25, -0.2) is 20.4 Å². The second kappa shape index (κ2) is 10.6. The summed E-state index contributed by atoms with van der Waals surface area (Å²) in [5.41, 5.74) is 0. The highest BCUT2D eigenvalue weighted by Crippen LogP contribution is 2.08. The van der Waals surface area contributed by atoms with E-state index in [1.165, 1.54) is 0 Å². The molecule has 13 heavy (non-hydrogen) atoms. The molecule has 0 aromatic rings. The molecular weight excluding hydrogens is 180 g/mol. The van der Waals surface area contributed by atoms with Crippen molar-refractivity contribution in [2.24, 2.45) is 0 Å². The van der Waals surface area contributed by atoms with E-state index in [1.807, 2.05) is 0 Å². The van der Waals surface area contributed by atoms with Gasteiger partial charge in [-0.1, -0.05) is 0 Å². The third kappa shape index (κ3) is 10.6. The van der Waals surface area contributed by atoms with Gasteiger partial charge in [-0.05, 0) is 0 Å². The van der Waals surface area contributed by atoms with E-state index in [-0.39, 0.29) is 0 Å². The molecule has 0 spiro atoms. The molecule has 1 fully saturated rings. The normalized spacial score (nSPS) is 23.8. The molecule has 0 radical (unpaired) electrons. The lowest BCUT2D eigenvalue weighted by Gasteiger charge is -2.02. The maximum absolute atomic E-state index is 8.62. The van der Waals surface area contributed by atoms with Gasteiger partial charge in [0.05, 0.1) is 6.61 Å². The Morgan fingerprint density at radius 1 is 1.23 bits per heavy atom.